The molecule has 0 aliphatic rings. The van der Waals surface area contributed by atoms with Crippen molar-refractivity contribution in [1.82, 2.24) is 24.7 Å². The number of benzene rings is 1. The number of fused-ring (bicyclic) bond motifs is 1. The first-order valence-corrected chi connectivity index (χ1v) is 5.16. The summed E-state index contributed by atoms with van der Waals surface area (Å²) in [4.78, 5) is 11.5. The Balaban J connectivity index is 2.02. The molecule has 3 aromatic rings. The molecule has 0 radical (unpaired) electrons. The van der Waals surface area contributed by atoms with Crippen molar-refractivity contribution in [2.75, 3.05) is 0 Å². The van der Waals surface area contributed by atoms with Crippen LogP contribution in [0.4, 0.5) is 0 Å². The number of rotatable bonds is 2. The van der Waals surface area contributed by atoms with Crippen LogP contribution < -0.4 is 0 Å². The van der Waals surface area contributed by atoms with Crippen molar-refractivity contribution in [2.45, 2.75) is 6.54 Å². The predicted octanol–water partition coefficient (Wildman–Crippen LogP) is 1.86. The van der Waals surface area contributed by atoms with Gasteiger partial charge in [-0.1, -0.05) is 17.7 Å². The minimum atomic E-state index is 0.561. The topological polar surface area (TPSA) is 59.4 Å². The maximum Gasteiger partial charge on any atom is 0.137 e. The highest BCUT2D eigenvalue weighted by Crippen LogP contribution is 2.20. The van der Waals surface area contributed by atoms with E-state index < -0.39 is 0 Å². The lowest BCUT2D eigenvalue weighted by Crippen LogP contribution is -2.01. The van der Waals surface area contributed by atoms with E-state index in [1.165, 1.54) is 6.33 Å². The molecule has 16 heavy (non-hydrogen) atoms. The van der Waals surface area contributed by atoms with Gasteiger partial charge in [-0.25, -0.2) is 14.6 Å². The SMILES string of the molecule is Clc1cccc2[nH]c(Cn3cncn3)nc12. The highest BCUT2D eigenvalue weighted by Gasteiger charge is 2.06. The van der Waals surface area contributed by atoms with Gasteiger partial charge in [0.1, 0.15) is 30.5 Å². The predicted molar refractivity (Wildman–Crippen MR) is 60.2 cm³/mol. The van der Waals surface area contributed by atoms with Gasteiger partial charge in [-0.05, 0) is 12.1 Å². The number of H-pyrrole nitrogens is 1. The molecular weight excluding hydrogens is 226 g/mol. The maximum absolute atomic E-state index is 6.03. The third-order valence-corrected chi connectivity index (χ3v) is 2.60. The van der Waals surface area contributed by atoms with E-state index in [-0.39, 0.29) is 0 Å². The monoisotopic (exact) mass is 233 g/mol. The number of hydrogen-bond acceptors (Lipinski definition) is 3. The van der Waals surface area contributed by atoms with Crippen molar-refractivity contribution >= 4 is 22.6 Å². The molecule has 2 heterocycles. The van der Waals surface area contributed by atoms with Gasteiger partial charge in [0.05, 0.1) is 10.5 Å². The summed E-state index contributed by atoms with van der Waals surface area (Å²) in [6.07, 6.45) is 3.14. The van der Waals surface area contributed by atoms with Crippen LogP contribution >= 0.6 is 11.6 Å². The molecule has 0 saturated carbocycles. The van der Waals surface area contributed by atoms with Crippen molar-refractivity contribution in [1.29, 1.82) is 0 Å². The number of imidazole rings is 1. The Labute approximate surface area is 96.1 Å². The van der Waals surface area contributed by atoms with Gasteiger partial charge in [0, 0.05) is 0 Å². The van der Waals surface area contributed by atoms with Crippen molar-refractivity contribution in [3.8, 4) is 0 Å². The molecule has 0 fully saturated rings. The molecule has 0 amide bonds. The zero-order valence-electron chi connectivity index (χ0n) is 8.26. The summed E-state index contributed by atoms with van der Waals surface area (Å²) in [6.45, 7) is 0.561. The van der Waals surface area contributed by atoms with Crippen LogP contribution in [0.25, 0.3) is 11.0 Å². The van der Waals surface area contributed by atoms with Crippen LogP contribution in [-0.2, 0) is 6.54 Å². The second-order valence-corrected chi connectivity index (χ2v) is 3.82. The highest BCUT2D eigenvalue weighted by molar-refractivity contribution is 6.34. The first-order valence-electron chi connectivity index (χ1n) is 4.78. The Morgan fingerprint density at radius 1 is 1.38 bits per heavy atom. The summed E-state index contributed by atoms with van der Waals surface area (Å²) in [5, 5.41) is 4.67. The van der Waals surface area contributed by atoms with E-state index in [2.05, 4.69) is 20.1 Å². The molecule has 3 rings (SSSR count). The fraction of sp³-hybridized carbons (Fsp3) is 0.100. The summed E-state index contributed by atoms with van der Waals surface area (Å²) in [7, 11) is 0. The van der Waals surface area contributed by atoms with Gasteiger partial charge in [0.25, 0.3) is 0 Å². The number of para-hydroxylation sites is 1. The van der Waals surface area contributed by atoms with Gasteiger partial charge in [0.15, 0.2) is 0 Å². The van der Waals surface area contributed by atoms with Crippen LogP contribution in [0, 0.1) is 0 Å². The smallest absolute Gasteiger partial charge is 0.137 e. The Hall–Kier alpha value is -1.88. The minimum Gasteiger partial charge on any atom is -0.340 e. The zero-order chi connectivity index (χ0) is 11.0. The lowest BCUT2D eigenvalue weighted by atomic mass is 10.3. The lowest BCUT2D eigenvalue weighted by molar-refractivity contribution is 0.661. The number of nitrogens with one attached hydrogen (secondary N) is 1. The molecule has 1 N–H and O–H groups in total. The average molecular weight is 234 g/mol. The fourth-order valence-electron chi connectivity index (χ4n) is 1.59. The number of hydrogen-bond donors (Lipinski definition) is 1. The summed E-state index contributed by atoms with van der Waals surface area (Å²) in [5.74, 6) is 0.814. The van der Waals surface area contributed by atoms with E-state index in [0.29, 0.717) is 11.6 Å². The van der Waals surface area contributed by atoms with E-state index in [0.717, 1.165) is 16.9 Å². The third-order valence-electron chi connectivity index (χ3n) is 2.29. The number of halogens is 1. The van der Waals surface area contributed by atoms with Crippen LogP contribution in [0.5, 0.6) is 0 Å². The second-order valence-electron chi connectivity index (χ2n) is 3.41. The van der Waals surface area contributed by atoms with E-state index in [1.54, 1.807) is 11.0 Å². The molecular formula is C10H8ClN5. The van der Waals surface area contributed by atoms with E-state index in [4.69, 9.17) is 11.6 Å². The summed E-state index contributed by atoms with van der Waals surface area (Å²) < 4.78 is 1.70. The molecule has 0 atom stereocenters. The van der Waals surface area contributed by atoms with Crippen LogP contribution in [0.3, 0.4) is 0 Å². The third kappa shape index (κ3) is 1.55. The van der Waals surface area contributed by atoms with Crippen LogP contribution in [0.15, 0.2) is 30.9 Å². The lowest BCUT2D eigenvalue weighted by Gasteiger charge is -1.94. The average Bonchev–Trinajstić information content (AvgIpc) is 2.88. The van der Waals surface area contributed by atoms with E-state index >= 15 is 0 Å². The Kier molecular flexibility index (Phi) is 2.11. The maximum atomic E-state index is 6.03. The molecule has 0 aliphatic heterocycles. The van der Waals surface area contributed by atoms with Crippen molar-refractivity contribution in [3.05, 3.63) is 41.7 Å². The molecule has 2 aromatic heterocycles. The van der Waals surface area contributed by atoms with Crippen molar-refractivity contribution < 1.29 is 0 Å². The normalized spacial score (nSPS) is 11.1. The quantitative estimate of drug-likeness (QED) is 0.735. The molecule has 1 aromatic carbocycles. The molecule has 0 saturated heterocycles. The Bertz CT molecular complexity index is 613. The van der Waals surface area contributed by atoms with Gasteiger partial charge in [-0.15, -0.1) is 0 Å². The molecule has 0 spiro atoms. The second kappa shape index (κ2) is 3.61. The highest BCUT2D eigenvalue weighted by atomic mass is 35.5. The Morgan fingerprint density at radius 2 is 2.31 bits per heavy atom. The largest absolute Gasteiger partial charge is 0.340 e. The fourth-order valence-corrected chi connectivity index (χ4v) is 1.81. The summed E-state index contributed by atoms with van der Waals surface area (Å²) in [5.41, 5.74) is 1.72. The first-order chi connectivity index (χ1) is 7.83. The first kappa shape index (κ1) is 9.35. The van der Waals surface area contributed by atoms with Gasteiger partial charge in [-0.2, -0.15) is 5.10 Å². The van der Waals surface area contributed by atoms with Gasteiger partial charge < -0.3 is 4.98 Å². The molecule has 0 unspecified atom stereocenters. The van der Waals surface area contributed by atoms with Gasteiger partial charge >= 0.3 is 0 Å². The van der Waals surface area contributed by atoms with E-state index in [9.17, 15) is 0 Å². The van der Waals surface area contributed by atoms with Gasteiger partial charge in [-0.3, -0.25) is 0 Å². The van der Waals surface area contributed by atoms with Crippen LogP contribution in [-0.4, -0.2) is 24.7 Å². The van der Waals surface area contributed by atoms with E-state index in [1.807, 2.05) is 18.2 Å². The number of aromatic amines is 1. The standard InChI is InChI=1S/C10H8ClN5/c11-7-2-1-3-8-10(7)15-9(14-8)4-16-6-12-5-13-16/h1-3,5-6H,4H2,(H,14,15). The molecule has 80 valence electrons. The van der Waals surface area contributed by atoms with Crippen molar-refractivity contribution in [3.63, 3.8) is 0 Å². The minimum absolute atomic E-state index is 0.561. The molecule has 0 bridgehead atoms. The van der Waals surface area contributed by atoms with Crippen molar-refractivity contribution in [2.24, 2.45) is 0 Å². The molecule has 0 aliphatic carbocycles. The molecule has 5 nitrogen and oxygen atoms in total. The zero-order valence-corrected chi connectivity index (χ0v) is 9.02. The van der Waals surface area contributed by atoms with Gasteiger partial charge in [0.2, 0.25) is 0 Å². The van der Waals surface area contributed by atoms with Crippen LogP contribution in [0.2, 0.25) is 5.02 Å². The molecule has 6 heteroatoms. The number of nitrogens with zero attached hydrogens (tertiary/aromatic N) is 4. The summed E-state index contributed by atoms with van der Waals surface area (Å²) in [6, 6.07) is 5.66. The summed E-state index contributed by atoms with van der Waals surface area (Å²) >= 11 is 6.03. The van der Waals surface area contributed by atoms with Crippen LogP contribution in [0.1, 0.15) is 5.82 Å². The number of aromatic nitrogens is 5. The Morgan fingerprint density at radius 3 is 3.06 bits per heavy atom.